The van der Waals surface area contributed by atoms with Gasteiger partial charge in [-0.15, -0.1) is 0 Å². The highest BCUT2D eigenvalue weighted by atomic mass is 19.1. The Morgan fingerprint density at radius 1 is 1.15 bits per heavy atom. The maximum atomic E-state index is 12.9. The van der Waals surface area contributed by atoms with E-state index in [9.17, 15) is 14.0 Å². The molecule has 0 atom stereocenters. The number of hydrogen-bond acceptors (Lipinski definition) is 4. The van der Waals surface area contributed by atoms with Crippen molar-refractivity contribution in [2.45, 2.75) is 13.3 Å². The summed E-state index contributed by atoms with van der Waals surface area (Å²) in [5.74, 6) is -0.485. The first kappa shape index (κ1) is 20.1. The average molecular weight is 366 g/mol. The van der Waals surface area contributed by atoms with E-state index in [1.54, 1.807) is 4.90 Å². The lowest BCUT2D eigenvalue weighted by Crippen LogP contribution is -2.53. The Morgan fingerprint density at radius 2 is 1.85 bits per heavy atom. The molecule has 8 heteroatoms. The maximum Gasteiger partial charge on any atom is 0.317 e. The van der Waals surface area contributed by atoms with Crippen molar-refractivity contribution in [3.63, 3.8) is 0 Å². The number of halogens is 1. The molecule has 144 valence electrons. The Morgan fingerprint density at radius 3 is 2.50 bits per heavy atom. The second kappa shape index (κ2) is 10.7. The molecular formula is C18H27FN4O3. The topological polar surface area (TPSA) is 73.9 Å². The summed E-state index contributed by atoms with van der Waals surface area (Å²) in [5.41, 5.74) is 0.571. The number of piperazine rings is 1. The summed E-state index contributed by atoms with van der Waals surface area (Å²) < 4.78 is 18.1. The van der Waals surface area contributed by atoms with Gasteiger partial charge in [-0.25, -0.2) is 9.18 Å². The van der Waals surface area contributed by atoms with Gasteiger partial charge in [0.15, 0.2) is 0 Å². The monoisotopic (exact) mass is 366 g/mol. The smallest absolute Gasteiger partial charge is 0.317 e. The lowest BCUT2D eigenvalue weighted by atomic mass is 10.3. The van der Waals surface area contributed by atoms with E-state index in [4.69, 9.17) is 4.74 Å². The highest BCUT2D eigenvalue weighted by molar-refractivity contribution is 5.92. The van der Waals surface area contributed by atoms with E-state index in [2.05, 4.69) is 10.6 Å². The lowest BCUT2D eigenvalue weighted by molar-refractivity contribution is -0.117. The van der Waals surface area contributed by atoms with Gasteiger partial charge >= 0.3 is 6.03 Å². The molecule has 1 aromatic rings. The Bertz CT molecular complexity index is 574. The number of ether oxygens (including phenoxy) is 1. The number of hydrogen-bond donors (Lipinski definition) is 2. The van der Waals surface area contributed by atoms with Gasteiger partial charge in [0.2, 0.25) is 5.91 Å². The van der Waals surface area contributed by atoms with Crippen LogP contribution in [-0.4, -0.2) is 74.2 Å². The van der Waals surface area contributed by atoms with E-state index in [-0.39, 0.29) is 24.3 Å². The van der Waals surface area contributed by atoms with E-state index in [1.165, 1.54) is 24.3 Å². The fourth-order valence-electron chi connectivity index (χ4n) is 2.67. The third-order valence-electron chi connectivity index (χ3n) is 4.10. The molecule has 0 spiro atoms. The number of carbonyl (C=O) groups is 2. The largest absolute Gasteiger partial charge is 0.382 e. The van der Waals surface area contributed by atoms with Crippen LogP contribution in [0.4, 0.5) is 14.9 Å². The van der Waals surface area contributed by atoms with Gasteiger partial charge < -0.3 is 20.3 Å². The molecule has 2 rings (SSSR count). The molecule has 0 radical (unpaired) electrons. The fraction of sp³-hybridized carbons (Fsp3) is 0.556. The van der Waals surface area contributed by atoms with E-state index >= 15 is 0 Å². The van der Waals surface area contributed by atoms with Crippen molar-refractivity contribution in [2.24, 2.45) is 0 Å². The van der Waals surface area contributed by atoms with Gasteiger partial charge in [0.25, 0.3) is 0 Å². The van der Waals surface area contributed by atoms with Crippen molar-refractivity contribution < 1.29 is 18.7 Å². The number of benzene rings is 1. The van der Waals surface area contributed by atoms with Gasteiger partial charge in [0.05, 0.1) is 6.54 Å². The molecule has 1 aromatic carbocycles. The van der Waals surface area contributed by atoms with E-state index in [0.717, 1.165) is 6.42 Å². The van der Waals surface area contributed by atoms with Crippen LogP contribution in [0, 0.1) is 5.82 Å². The molecule has 1 aliphatic heterocycles. The lowest BCUT2D eigenvalue weighted by Gasteiger charge is -2.34. The van der Waals surface area contributed by atoms with Crippen molar-refractivity contribution in [3.8, 4) is 0 Å². The number of nitrogens with one attached hydrogen (secondary N) is 2. The standard InChI is InChI=1S/C18H27FN4O3/c1-2-26-13-3-8-20-18(25)23-11-9-22(10-12-23)14-17(24)21-16-6-4-15(19)5-7-16/h4-7H,2-3,8-14H2,1H3,(H,20,25)(H,21,24). The molecule has 1 saturated heterocycles. The first-order valence-electron chi connectivity index (χ1n) is 8.96. The molecular weight excluding hydrogens is 339 g/mol. The normalized spacial score (nSPS) is 14.9. The van der Waals surface area contributed by atoms with Crippen LogP contribution in [0.1, 0.15) is 13.3 Å². The highest BCUT2D eigenvalue weighted by Gasteiger charge is 2.22. The van der Waals surface area contributed by atoms with Crippen LogP contribution in [0.2, 0.25) is 0 Å². The van der Waals surface area contributed by atoms with Crippen LogP contribution >= 0.6 is 0 Å². The van der Waals surface area contributed by atoms with E-state index < -0.39 is 0 Å². The van der Waals surface area contributed by atoms with Crippen molar-refractivity contribution >= 4 is 17.6 Å². The number of carbonyl (C=O) groups excluding carboxylic acids is 2. The molecule has 7 nitrogen and oxygen atoms in total. The first-order chi connectivity index (χ1) is 12.6. The van der Waals surface area contributed by atoms with Crippen LogP contribution < -0.4 is 10.6 Å². The molecule has 0 unspecified atom stereocenters. The maximum absolute atomic E-state index is 12.9. The molecule has 0 bridgehead atoms. The van der Waals surface area contributed by atoms with Crippen molar-refractivity contribution in [1.82, 2.24) is 15.1 Å². The highest BCUT2D eigenvalue weighted by Crippen LogP contribution is 2.09. The average Bonchev–Trinajstić information content (AvgIpc) is 2.64. The van der Waals surface area contributed by atoms with Crippen molar-refractivity contribution in [3.05, 3.63) is 30.1 Å². The molecule has 0 saturated carbocycles. The second-order valence-electron chi connectivity index (χ2n) is 6.10. The van der Waals surface area contributed by atoms with Gasteiger partial charge in [-0.05, 0) is 37.6 Å². The predicted molar refractivity (Wildman–Crippen MR) is 97.6 cm³/mol. The zero-order valence-corrected chi connectivity index (χ0v) is 15.2. The number of anilines is 1. The molecule has 1 heterocycles. The molecule has 26 heavy (non-hydrogen) atoms. The second-order valence-corrected chi connectivity index (χ2v) is 6.10. The van der Waals surface area contributed by atoms with Crippen LogP contribution in [0.3, 0.4) is 0 Å². The Kier molecular flexibility index (Phi) is 8.30. The zero-order valence-electron chi connectivity index (χ0n) is 15.2. The number of nitrogens with zero attached hydrogens (tertiary/aromatic N) is 2. The number of amides is 3. The summed E-state index contributed by atoms with van der Waals surface area (Å²) in [6.07, 6.45) is 0.795. The molecule has 1 fully saturated rings. The molecule has 2 N–H and O–H groups in total. The van der Waals surface area contributed by atoms with Gasteiger partial charge in [0.1, 0.15) is 5.82 Å². The van der Waals surface area contributed by atoms with Gasteiger partial charge in [0, 0.05) is 51.6 Å². The van der Waals surface area contributed by atoms with Crippen LogP contribution in [0.5, 0.6) is 0 Å². The van der Waals surface area contributed by atoms with Crippen LogP contribution in [0.15, 0.2) is 24.3 Å². The third kappa shape index (κ3) is 6.97. The minimum Gasteiger partial charge on any atom is -0.382 e. The van der Waals surface area contributed by atoms with Crippen LogP contribution in [-0.2, 0) is 9.53 Å². The van der Waals surface area contributed by atoms with Gasteiger partial charge in [-0.1, -0.05) is 0 Å². The molecule has 0 aliphatic carbocycles. The summed E-state index contributed by atoms with van der Waals surface area (Å²) >= 11 is 0. The Hall–Kier alpha value is -2.19. The summed E-state index contributed by atoms with van der Waals surface area (Å²) in [4.78, 5) is 27.9. The summed E-state index contributed by atoms with van der Waals surface area (Å²) in [6, 6.07) is 5.60. The minimum absolute atomic E-state index is 0.0723. The minimum atomic E-state index is -0.338. The molecule has 1 aliphatic rings. The van der Waals surface area contributed by atoms with Crippen LogP contribution in [0.25, 0.3) is 0 Å². The molecule has 0 aromatic heterocycles. The Balaban J connectivity index is 1.63. The van der Waals surface area contributed by atoms with Crippen molar-refractivity contribution in [2.75, 3.05) is 57.8 Å². The quantitative estimate of drug-likeness (QED) is 0.684. The first-order valence-corrected chi connectivity index (χ1v) is 8.96. The zero-order chi connectivity index (χ0) is 18.8. The predicted octanol–water partition coefficient (Wildman–Crippen LogP) is 1.52. The fourth-order valence-corrected chi connectivity index (χ4v) is 2.67. The third-order valence-corrected chi connectivity index (χ3v) is 4.10. The van der Waals surface area contributed by atoms with E-state index in [0.29, 0.717) is 51.6 Å². The Labute approximate surface area is 153 Å². The van der Waals surface area contributed by atoms with Gasteiger partial charge in [-0.3, -0.25) is 9.69 Å². The summed E-state index contributed by atoms with van der Waals surface area (Å²) in [6.45, 7) is 6.57. The van der Waals surface area contributed by atoms with Crippen molar-refractivity contribution in [1.29, 1.82) is 0 Å². The molecule has 3 amide bonds. The summed E-state index contributed by atoms with van der Waals surface area (Å²) in [7, 11) is 0. The van der Waals surface area contributed by atoms with E-state index in [1.807, 2.05) is 11.8 Å². The number of urea groups is 1. The van der Waals surface area contributed by atoms with Gasteiger partial charge in [-0.2, -0.15) is 0 Å². The summed E-state index contributed by atoms with van der Waals surface area (Å²) in [5, 5.41) is 5.63. The number of rotatable bonds is 8. The SMILES string of the molecule is CCOCCCNC(=O)N1CCN(CC(=O)Nc2ccc(F)cc2)CC1.